The molecule has 0 spiro atoms. The van der Waals surface area contributed by atoms with Crippen LogP contribution in [-0.4, -0.2) is 28.8 Å². The van der Waals surface area contributed by atoms with Gasteiger partial charge < -0.3 is 19.5 Å². The molecule has 0 unspecified atom stereocenters. The van der Waals surface area contributed by atoms with E-state index in [-0.39, 0.29) is 24.7 Å². The first-order valence-corrected chi connectivity index (χ1v) is 12.8. The number of hydrogen-bond acceptors (Lipinski definition) is 7. The van der Waals surface area contributed by atoms with Crippen LogP contribution in [0.2, 0.25) is 0 Å². The number of fused-ring (bicyclic) bond motifs is 2. The molecule has 0 aliphatic carbocycles. The van der Waals surface area contributed by atoms with Gasteiger partial charge in [0.2, 0.25) is 5.91 Å². The molecule has 8 nitrogen and oxygen atoms in total. The molecule has 0 aliphatic rings. The van der Waals surface area contributed by atoms with Crippen molar-refractivity contribution in [2.24, 2.45) is 5.73 Å². The Labute approximate surface area is 230 Å². The fraction of sp³-hybridized carbons (Fsp3) is 0.125. The van der Waals surface area contributed by atoms with E-state index in [0.29, 0.717) is 23.4 Å². The van der Waals surface area contributed by atoms with Crippen molar-refractivity contribution >= 4 is 33.7 Å². The lowest BCUT2D eigenvalue weighted by Gasteiger charge is -2.02. The third-order valence-corrected chi connectivity index (χ3v) is 6.26. The molecule has 2 heterocycles. The minimum absolute atomic E-state index is 0.165. The maximum atomic E-state index is 11.7. The number of ether oxygens (including phenoxy) is 1. The molecule has 8 heteroatoms. The number of aromatic nitrogens is 2. The average Bonchev–Trinajstić information content (AvgIpc) is 3.60. The largest absolute Gasteiger partial charge is 0.466 e. The van der Waals surface area contributed by atoms with Gasteiger partial charge in [0.15, 0.2) is 11.5 Å². The van der Waals surface area contributed by atoms with Crippen molar-refractivity contribution < 1.29 is 23.4 Å². The van der Waals surface area contributed by atoms with Gasteiger partial charge in [0, 0.05) is 11.1 Å². The highest BCUT2D eigenvalue weighted by molar-refractivity contribution is 5.96. The Kier molecular flexibility index (Phi) is 7.97. The Balaban J connectivity index is 0.000000162. The molecule has 0 atom stereocenters. The molecule has 1 amide bonds. The monoisotopic (exact) mass is 533 g/mol. The minimum Gasteiger partial charge on any atom is -0.466 e. The molecule has 0 saturated carbocycles. The number of carbonyl (C=O) groups excluding carboxylic acids is 2. The Morgan fingerprint density at radius 1 is 0.675 bits per heavy atom. The predicted octanol–water partition coefficient (Wildman–Crippen LogP) is 6.12. The van der Waals surface area contributed by atoms with Crippen LogP contribution in [0.4, 0.5) is 0 Å². The summed E-state index contributed by atoms with van der Waals surface area (Å²) >= 11 is 0. The number of hydrogen-bond donors (Lipinski definition) is 1. The fourth-order valence-electron chi connectivity index (χ4n) is 4.48. The SMILES string of the molecule is CCOC(=O)Cc1cccc2c(-c3ccccc3)onc12.NC(=O)Cc1cccc2c(-c3ccccc3)onc12. The summed E-state index contributed by atoms with van der Waals surface area (Å²) in [5.74, 6) is 0.796. The summed E-state index contributed by atoms with van der Waals surface area (Å²) in [5, 5.41) is 9.99. The van der Waals surface area contributed by atoms with E-state index >= 15 is 0 Å². The van der Waals surface area contributed by atoms with Gasteiger partial charge in [0.1, 0.15) is 11.0 Å². The summed E-state index contributed by atoms with van der Waals surface area (Å²) in [6.07, 6.45) is 0.365. The maximum absolute atomic E-state index is 11.7. The zero-order valence-electron chi connectivity index (χ0n) is 21.9. The van der Waals surface area contributed by atoms with E-state index in [4.69, 9.17) is 19.5 Å². The Morgan fingerprint density at radius 2 is 1.15 bits per heavy atom. The molecule has 2 aromatic heterocycles. The quantitative estimate of drug-likeness (QED) is 0.245. The van der Waals surface area contributed by atoms with Gasteiger partial charge in [0.25, 0.3) is 0 Å². The van der Waals surface area contributed by atoms with E-state index in [9.17, 15) is 9.59 Å². The second-order valence-electron chi connectivity index (χ2n) is 9.01. The first kappa shape index (κ1) is 26.4. The molecular weight excluding hydrogens is 506 g/mol. The molecule has 0 bridgehead atoms. The van der Waals surface area contributed by atoms with Gasteiger partial charge in [-0.2, -0.15) is 0 Å². The van der Waals surface area contributed by atoms with Gasteiger partial charge in [-0.1, -0.05) is 95.2 Å². The van der Waals surface area contributed by atoms with Crippen LogP contribution in [-0.2, 0) is 27.2 Å². The smallest absolute Gasteiger partial charge is 0.310 e. The van der Waals surface area contributed by atoms with Crippen molar-refractivity contribution in [2.75, 3.05) is 6.61 Å². The highest BCUT2D eigenvalue weighted by Gasteiger charge is 2.16. The minimum atomic E-state index is -0.378. The predicted molar refractivity (Wildman–Crippen MR) is 152 cm³/mol. The maximum Gasteiger partial charge on any atom is 0.310 e. The number of benzene rings is 4. The summed E-state index contributed by atoms with van der Waals surface area (Å²) < 4.78 is 15.9. The van der Waals surface area contributed by atoms with Gasteiger partial charge in [-0.3, -0.25) is 9.59 Å². The molecule has 40 heavy (non-hydrogen) atoms. The number of rotatable bonds is 7. The fourth-order valence-corrected chi connectivity index (χ4v) is 4.48. The van der Waals surface area contributed by atoms with Crippen LogP contribution in [0, 0.1) is 0 Å². The van der Waals surface area contributed by atoms with Gasteiger partial charge in [-0.25, -0.2) is 0 Å². The number of nitrogens with zero attached hydrogens (tertiary/aromatic N) is 2. The Bertz CT molecular complexity index is 1760. The lowest BCUT2D eigenvalue weighted by Crippen LogP contribution is -2.13. The van der Waals surface area contributed by atoms with Crippen LogP contribution in [0.5, 0.6) is 0 Å². The number of esters is 1. The molecule has 6 rings (SSSR count). The molecule has 2 N–H and O–H groups in total. The number of primary amides is 1. The van der Waals surface area contributed by atoms with Crippen molar-refractivity contribution in [3.63, 3.8) is 0 Å². The Morgan fingerprint density at radius 3 is 1.60 bits per heavy atom. The van der Waals surface area contributed by atoms with Gasteiger partial charge in [-0.05, 0) is 30.2 Å². The molecule has 4 aromatic carbocycles. The van der Waals surface area contributed by atoms with Crippen molar-refractivity contribution in [3.8, 4) is 22.6 Å². The van der Waals surface area contributed by atoms with Crippen LogP contribution in [0.3, 0.4) is 0 Å². The normalized spacial score (nSPS) is 10.7. The molecule has 0 radical (unpaired) electrons. The highest BCUT2D eigenvalue weighted by atomic mass is 16.5. The topological polar surface area (TPSA) is 121 Å². The van der Waals surface area contributed by atoms with E-state index in [1.54, 1.807) is 6.92 Å². The van der Waals surface area contributed by atoms with E-state index in [1.165, 1.54) is 0 Å². The molecule has 0 fully saturated rings. The van der Waals surface area contributed by atoms with Gasteiger partial charge in [-0.15, -0.1) is 0 Å². The molecule has 0 saturated heterocycles. The highest BCUT2D eigenvalue weighted by Crippen LogP contribution is 2.31. The van der Waals surface area contributed by atoms with Crippen molar-refractivity contribution in [3.05, 3.63) is 108 Å². The molecule has 6 aromatic rings. The van der Waals surface area contributed by atoms with Gasteiger partial charge in [0.05, 0.1) is 30.2 Å². The van der Waals surface area contributed by atoms with E-state index in [1.807, 2.05) is 97.1 Å². The zero-order chi connectivity index (χ0) is 27.9. The van der Waals surface area contributed by atoms with Crippen LogP contribution in [0.15, 0.2) is 106 Å². The number of amides is 1. The Hall–Kier alpha value is -5.24. The summed E-state index contributed by atoms with van der Waals surface area (Å²) in [4.78, 5) is 22.7. The van der Waals surface area contributed by atoms with Crippen molar-refractivity contribution in [2.45, 2.75) is 19.8 Å². The third-order valence-electron chi connectivity index (χ3n) is 6.26. The third kappa shape index (κ3) is 5.76. The lowest BCUT2D eigenvalue weighted by molar-refractivity contribution is -0.142. The standard InChI is InChI=1S/C17H15NO3.C15H12N2O2/c1-2-20-15(19)11-13-9-6-10-14-16(13)18-21-17(14)12-7-4-3-5-8-12;16-13(18)9-11-7-4-8-12-14(11)17-19-15(12)10-5-2-1-3-6-10/h3-10H,2,11H2,1H3;1-8H,9H2,(H2,16,18). The number of nitrogens with two attached hydrogens (primary N) is 1. The van der Waals surface area contributed by atoms with Crippen molar-refractivity contribution in [1.29, 1.82) is 0 Å². The van der Waals surface area contributed by atoms with E-state index < -0.39 is 0 Å². The molecule has 200 valence electrons. The average molecular weight is 534 g/mol. The van der Waals surface area contributed by atoms with E-state index in [0.717, 1.165) is 38.8 Å². The van der Waals surface area contributed by atoms with Crippen LogP contribution in [0.1, 0.15) is 18.1 Å². The van der Waals surface area contributed by atoms with E-state index in [2.05, 4.69) is 10.3 Å². The summed E-state index contributed by atoms with van der Waals surface area (Å²) in [6.45, 7) is 2.17. The van der Waals surface area contributed by atoms with Crippen LogP contribution >= 0.6 is 0 Å². The second kappa shape index (κ2) is 12.1. The van der Waals surface area contributed by atoms with Gasteiger partial charge >= 0.3 is 5.97 Å². The summed E-state index contributed by atoms with van der Waals surface area (Å²) in [6, 6.07) is 30.9. The number of carbonyl (C=O) groups is 2. The van der Waals surface area contributed by atoms with Crippen LogP contribution < -0.4 is 5.73 Å². The molecule has 0 aliphatic heterocycles. The zero-order valence-corrected chi connectivity index (χ0v) is 21.9. The first-order chi connectivity index (χ1) is 19.5. The van der Waals surface area contributed by atoms with Crippen LogP contribution in [0.25, 0.3) is 44.5 Å². The lowest BCUT2D eigenvalue weighted by atomic mass is 10.0. The summed E-state index contributed by atoms with van der Waals surface area (Å²) in [7, 11) is 0. The second-order valence-corrected chi connectivity index (χ2v) is 9.01. The first-order valence-electron chi connectivity index (χ1n) is 12.8. The van der Waals surface area contributed by atoms with Crippen molar-refractivity contribution in [1.82, 2.24) is 10.3 Å². The summed E-state index contributed by atoms with van der Waals surface area (Å²) in [5.41, 5.74) is 10.2. The molecular formula is C32H27N3O5.